The van der Waals surface area contributed by atoms with Crippen molar-refractivity contribution in [1.82, 2.24) is 5.32 Å². The van der Waals surface area contributed by atoms with E-state index in [0.29, 0.717) is 6.42 Å². The third-order valence-electron chi connectivity index (χ3n) is 2.70. The van der Waals surface area contributed by atoms with Crippen LogP contribution in [0.1, 0.15) is 25.8 Å². The van der Waals surface area contributed by atoms with Crippen LogP contribution >= 0.6 is 15.9 Å². The molecule has 0 unspecified atom stereocenters. The summed E-state index contributed by atoms with van der Waals surface area (Å²) in [5.41, 5.74) is 0.779. The maximum atomic E-state index is 11.9. The number of alkyl halides is 1. The van der Waals surface area contributed by atoms with Crippen LogP contribution in [-0.4, -0.2) is 23.9 Å². The van der Waals surface area contributed by atoms with Crippen molar-refractivity contribution in [3.05, 3.63) is 29.8 Å². The van der Waals surface area contributed by atoms with E-state index >= 15 is 0 Å². The zero-order chi connectivity index (χ0) is 13.6. The summed E-state index contributed by atoms with van der Waals surface area (Å²) in [6.45, 7) is 4.05. The normalized spacial score (nSPS) is 11.1. The first-order chi connectivity index (χ1) is 8.46. The molecule has 1 aromatic rings. The number of ether oxygens (including phenoxy) is 1. The number of halogens is 1. The summed E-state index contributed by atoms with van der Waals surface area (Å²) in [6, 6.07) is 7.58. The van der Waals surface area contributed by atoms with Gasteiger partial charge in [0, 0.05) is 10.9 Å². The molecule has 1 rings (SSSR count). The first-order valence-corrected chi connectivity index (χ1v) is 7.09. The molecule has 0 saturated heterocycles. The van der Waals surface area contributed by atoms with Crippen molar-refractivity contribution in [3.63, 3.8) is 0 Å². The molecule has 1 N–H and O–H groups in total. The minimum atomic E-state index is -0.181. The van der Waals surface area contributed by atoms with Crippen LogP contribution in [0.3, 0.4) is 0 Å². The lowest BCUT2D eigenvalue weighted by molar-refractivity contribution is -0.122. The Morgan fingerprint density at radius 2 is 2.17 bits per heavy atom. The number of methoxy groups -OCH3 is 1. The summed E-state index contributed by atoms with van der Waals surface area (Å²) in [5, 5.41) is 3.91. The van der Waals surface area contributed by atoms with Gasteiger partial charge in [-0.2, -0.15) is 0 Å². The van der Waals surface area contributed by atoms with E-state index in [1.807, 2.05) is 38.1 Å². The van der Waals surface area contributed by atoms with Gasteiger partial charge in [0.25, 0.3) is 0 Å². The zero-order valence-corrected chi connectivity index (χ0v) is 12.7. The molecule has 0 fully saturated rings. The van der Waals surface area contributed by atoms with Crippen molar-refractivity contribution in [2.45, 2.75) is 32.2 Å². The molecule has 1 aromatic carbocycles. The lowest BCUT2D eigenvalue weighted by Crippen LogP contribution is -2.44. The van der Waals surface area contributed by atoms with Crippen LogP contribution in [0.5, 0.6) is 5.75 Å². The van der Waals surface area contributed by atoms with Crippen LogP contribution < -0.4 is 10.1 Å². The summed E-state index contributed by atoms with van der Waals surface area (Å²) in [4.78, 5) is 11.9. The van der Waals surface area contributed by atoms with Gasteiger partial charge in [0.05, 0.1) is 13.5 Å². The summed E-state index contributed by atoms with van der Waals surface area (Å²) in [5.74, 6) is 0.814. The molecule has 4 heteroatoms. The summed E-state index contributed by atoms with van der Waals surface area (Å²) < 4.78 is 5.14. The lowest BCUT2D eigenvalue weighted by atomic mass is 10.0. The number of amides is 1. The van der Waals surface area contributed by atoms with Gasteiger partial charge < -0.3 is 10.1 Å². The Labute approximate surface area is 117 Å². The fraction of sp³-hybridized carbons (Fsp3) is 0.500. The molecule has 0 spiro atoms. The van der Waals surface area contributed by atoms with E-state index < -0.39 is 0 Å². The molecule has 0 heterocycles. The third kappa shape index (κ3) is 5.08. The highest BCUT2D eigenvalue weighted by Crippen LogP contribution is 2.14. The number of benzene rings is 1. The van der Waals surface area contributed by atoms with Crippen LogP contribution in [0.2, 0.25) is 0 Å². The maximum Gasteiger partial charge on any atom is 0.224 e. The van der Waals surface area contributed by atoms with E-state index in [2.05, 4.69) is 21.2 Å². The van der Waals surface area contributed by atoms with Crippen molar-refractivity contribution in [3.8, 4) is 5.75 Å². The molecule has 0 aliphatic heterocycles. The van der Waals surface area contributed by atoms with Crippen LogP contribution in [0.4, 0.5) is 0 Å². The number of hydrogen-bond acceptors (Lipinski definition) is 2. The van der Waals surface area contributed by atoms with Crippen LogP contribution in [0.25, 0.3) is 0 Å². The molecule has 0 aromatic heterocycles. The summed E-state index contributed by atoms with van der Waals surface area (Å²) in [7, 11) is 1.62. The van der Waals surface area contributed by atoms with E-state index in [4.69, 9.17) is 4.74 Å². The molecule has 3 nitrogen and oxygen atoms in total. The maximum absolute atomic E-state index is 11.9. The second-order valence-electron chi connectivity index (χ2n) is 4.90. The Hall–Kier alpha value is -1.03. The summed E-state index contributed by atoms with van der Waals surface area (Å²) in [6.07, 6.45) is 1.28. The van der Waals surface area contributed by atoms with Crippen molar-refractivity contribution in [2.24, 2.45) is 0 Å². The monoisotopic (exact) mass is 313 g/mol. The standard InChI is InChI=1S/C14H20BrNO2/c1-14(2,7-8-15)16-13(17)10-11-5-4-6-12(9-11)18-3/h4-6,9H,7-8,10H2,1-3H3,(H,16,17). The molecular formula is C14H20BrNO2. The van der Waals surface area contributed by atoms with E-state index in [0.717, 1.165) is 23.1 Å². The average molecular weight is 314 g/mol. The Morgan fingerprint density at radius 1 is 1.44 bits per heavy atom. The quantitative estimate of drug-likeness (QED) is 0.820. The second-order valence-corrected chi connectivity index (χ2v) is 5.69. The second kappa shape index (κ2) is 6.78. The molecule has 1 amide bonds. The highest BCUT2D eigenvalue weighted by atomic mass is 79.9. The van der Waals surface area contributed by atoms with Gasteiger partial charge in [-0.05, 0) is 38.0 Å². The first-order valence-electron chi connectivity index (χ1n) is 5.97. The van der Waals surface area contributed by atoms with Gasteiger partial charge in [0.1, 0.15) is 5.75 Å². The van der Waals surface area contributed by atoms with Crippen LogP contribution in [-0.2, 0) is 11.2 Å². The molecule has 100 valence electrons. The van der Waals surface area contributed by atoms with Gasteiger partial charge in [0.15, 0.2) is 0 Å². The zero-order valence-electron chi connectivity index (χ0n) is 11.1. The van der Waals surface area contributed by atoms with Gasteiger partial charge in [-0.15, -0.1) is 0 Å². The fourth-order valence-electron chi connectivity index (χ4n) is 1.69. The molecule has 18 heavy (non-hydrogen) atoms. The molecular weight excluding hydrogens is 294 g/mol. The SMILES string of the molecule is COc1cccc(CC(=O)NC(C)(C)CCBr)c1. The summed E-state index contributed by atoms with van der Waals surface area (Å²) >= 11 is 3.39. The average Bonchev–Trinajstić information content (AvgIpc) is 2.28. The lowest BCUT2D eigenvalue weighted by Gasteiger charge is -2.25. The Morgan fingerprint density at radius 3 is 2.78 bits per heavy atom. The predicted octanol–water partition coefficient (Wildman–Crippen LogP) is 2.92. The van der Waals surface area contributed by atoms with E-state index in [9.17, 15) is 4.79 Å². The van der Waals surface area contributed by atoms with Crippen LogP contribution in [0, 0.1) is 0 Å². The smallest absolute Gasteiger partial charge is 0.224 e. The molecule has 0 radical (unpaired) electrons. The number of rotatable bonds is 6. The van der Waals surface area contributed by atoms with Gasteiger partial charge in [-0.1, -0.05) is 28.1 Å². The molecule has 0 atom stereocenters. The molecule has 0 saturated carbocycles. The van der Waals surface area contributed by atoms with Gasteiger partial charge in [-0.25, -0.2) is 0 Å². The number of carbonyl (C=O) groups is 1. The predicted molar refractivity (Wildman–Crippen MR) is 77.3 cm³/mol. The molecule has 0 aliphatic carbocycles. The number of carbonyl (C=O) groups excluding carboxylic acids is 1. The van der Waals surface area contributed by atoms with Crippen molar-refractivity contribution in [1.29, 1.82) is 0 Å². The van der Waals surface area contributed by atoms with Gasteiger partial charge in [-0.3, -0.25) is 4.79 Å². The van der Waals surface area contributed by atoms with E-state index in [1.165, 1.54) is 0 Å². The van der Waals surface area contributed by atoms with E-state index in [-0.39, 0.29) is 11.4 Å². The topological polar surface area (TPSA) is 38.3 Å². The highest BCUT2D eigenvalue weighted by Gasteiger charge is 2.19. The largest absolute Gasteiger partial charge is 0.497 e. The van der Waals surface area contributed by atoms with Crippen LogP contribution in [0.15, 0.2) is 24.3 Å². The number of hydrogen-bond donors (Lipinski definition) is 1. The Balaban J connectivity index is 2.59. The fourth-order valence-corrected chi connectivity index (χ4v) is 2.68. The first kappa shape index (κ1) is 15.0. The highest BCUT2D eigenvalue weighted by molar-refractivity contribution is 9.09. The van der Waals surface area contributed by atoms with Crippen molar-refractivity contribution >= 4 is 21.8 Å². The van der Waals surface area contributed by atoms with Gasteiger partial charge in [0.2, 0.25) is 5.91 Å². The minimum Gasteiger partial charge on any atom is -0.497 e. The van der Waals surface area contributed by atoms with Crippen molar-refractivity contribution < 1.29 is 9.53 Å². The minimum absolute atomic E-state index is 0.0363. The van der Waals surface area contributed by atoms with Gasteiger partial charge >= 0.3 is 0 Å². The van der Waals surface area contributed by atoms with E-state index in [1.54, 1.807) is 7.11 Å². The number of nitrogens with one attached hydrogen (secondary N) is 1. The Kier molecular flexibility index (Phi) is 5.66. The third-order valence-corrected chi connectivity index (χ3v) is 3.09. The Bertz CT molecular complexity index is 405. The molecule has 0 bridgehead atoms. The molecule has 0 aliphatic rings. The van der Waals surface area contributed by atoms with Crippen molar-refractivity contribution in [2.75, 3.05) is 12.4 Å².